The first-order valence-electron chi connectivity index (χ1n) is 10.9. The zero-order valence-electron chi connectivity index (χ0n) is 18.8. The lowest BCUT2D eigenvalue weighted by molar-refractivity contribution is -0.139. The second kappa shape index (κ2) is 9.18. The molecule has 0 aromatic carbocycles. The molecule has 0 spiro atoms. The van der Waals surface area contributed by atoms with E-state index < -0.39 is 5.60 Å². The third kappa shape index (κ3) is 6.06. The average molecular weight is 419 g/mol. The first-order valence-corrected chi connectivity index (χ1v) is 10.9. The van der Waals surface area contributed by atoms with Gasteiger partial charge in [-0.05, 0) is 66.4 Å². The van der Waals surface area contributed by atoms with Gasteiger partial charge in [0, 0.05) is 31.0 Å². The van der Waals surface area contributed by atoms with Crippen molar-refractivity contribution in [2.24, 2.45) is 5.92 Å². The van der Waals surface area contributed by atoms with Crippen molar-refractivity contribution in [1.82, 2.24) is 19.8 Å². The van der Waals surface area contributed by atoms with E-state index in [0.717, 1.165) is 43.6 Å². The molecule has 1 aromatic heterocycles. The second-order valence-electron chi connectivity index (χ2n) is 9.37. The van der Waals surface area contributed by atoms with E-state index in [-0.39, 0.29) is 24.0 Å². The van der Waals surface area contributed by atoms with Gasteiger partial charge in [-0.1, -0.05) is 0 Å². The molecule has 0 saturated carbocycles. The number of aryl methyl sites for hydroxylation is 2. The summed E-state index contributed by atoms with van der Waals surface area (Å²) in [5.74, 6) is -0.0969. The molecular weight excluding hydrogens is 384 g/mol. The first kappa shape index (κ1) is 22.3. The van der Waals surface area contributed by atoms with Gasteiger partial charge in [0.2, 0.25) is 5.91 Å². The van der Waals surface area contributed by atoms with Crippen molar-refractivity contribution in [1.29, 1.82) is 0 Å². The topological polar surface area (TPSA) is 84.9 Å². The Morgan fingerprint density at radius 1 is 1.00 bits per heavy atom. The van der Waals surface area contributed by atoms with E-state index in [9.17, 15) is 9.59 Å². The lowest BCUT2D eigenvalue weighted by Gasteiger charge is -2.38. The Bertz CT molecular complexity index is 757. The van der Waals surface area contributed by atoms with Crippen LogP contribution in [0.3, 0.4) is 0 Å². The lowest BCUT2D eigenvalue weighted by Crippen LogP contribution is -2.51. The third-order valence-electron chi connectivity index (χ3n) is 5.35. The van der Waals surface area contributed by atoms with E-state index in [1.807, 2.05) is 45.6 Å². The molecule has 0 bridgehead atoms. The summed E-state index contributed by atoms with van der Waals surface area (Å²) in [6, 6.07) is 2.28. The van der Waals surface area contributed by atoms with Crippen molar-refractivity contribution >= 4 is 12.0 Å². The fourth-order valence-electron chi connectivity index (χ4n) is 4.06. The van der Waals surface area contributed by atoms with Crippen LogP contribution in [0.25, 0.3) is 0 Å². The van der Waals surface area contributed by atoms with Crippen molar-refractivity contribution in [2.75, 3.05) is 26.2 Å². The number of aromatic nitrogens is 2. The quantitative estimate of drug-likeness (QED) is 0.750. The molecule has 0 radical (unpaired) electrons. The van der Waals surface area contributed by atoms with Gasteiger partial charge in [-0.15, -0.1) is 0 Å². The van der Waals surface area contributed by atoms with Gasteiger partial charge in [-0.2, -0.15) is 0 Å². The van der Waals surface area contributed by atoms with Gasteiger partial charge in [-0.3, -0.25) is 4.79 Å². The van der Waals surface area contributed by atoms with Gasteiger partial charge in [0.05, 0.1) is 12.5 Å². The zero-order chi connectivity index (χ0) is 21.9. The Balaban J connectivity index is 1.58. The third-order valence-corrected chi connectivity index (χ3v) is 5.35. The molecule has 166 valence electrons. The largest absolute Gasteiger partial charge is 0.458 e. The Morgan fingerprint density at radius 3 is 2.30 bits per heavy atom. The number of piperidine rings is 2. The highest BCUT2D eigenvalue weighted by Crippen LogP contribution is 2.24. The molecule has 2 amide bonds. The molecular formula is C22H34N4O4. The van der Waals surface area contributed by atoms with Crippen LogP contribution in [0.15, 0.2) is 6.07 Å². The summed E-state index contributed by atoms with van der Waals surface area (Å²) in [7, 11) is 0. The van der Waals surface area contributed by atoms with E-state index in [1.165, 1.54) is 0 Å². The maximum Gasteiger partial charge on any atom is 0.410 e. The molecule has 0 N–H and O–H groups in total. The summed E-state index contributed by atoms with van der Waals surface area (Å²) in [4.78, 5) is 37.8. The summed E-state index contributed by atoms with van der Waals surface area (Å²) < 4.78 is 11.5. The van der Waals surface area contributed by atoms with Crippen molar-refractivity contribution in [3.63, 3.8) is 0 Å². The van der Waals surface area contributed by atoms with E-state index >= 15 is 0 Å². The number of carbonyl (C=O) groups is 2. The number of ether oxygens (including phenoxy) is 2. The van der Waals surface area contributed by atoms with Crippen LogP contribution in [0.1, 0.15) is 57.8 Å². The van der Waals surface area contributed by atoms with Crippen molar-refractivity contribution in [2.45, 2.75) is 72.0 Å². The number of rotatable bonds is 3. The molecule has 30 heavy (non-hydrogen) atoms. The summed E-state index contributed by atoms with van der Waals surface area (Å²) in [5.41, 5.74) is 1.19. The SMILES string of the molecule is Cc1cc(C)nc(OC2CCCN(C(=O)C3CCCN(C(=O)OC(C)(C)C)C3)C2)n1. The van der Waals surface area contributed by atoms with Crippen LogP contribution in [0.2, 0.25) is 0 Å². The van der Waals surface area contributed by atoms with E-state index in [4.69, 9.17) is 9.47 Å². The maximum atomic E-state index is 13.2. The summed E-state index contributed by atoms with van der Waals surface area (Å²) >= 11 is 0. The van der Waals surface area contributed by atoms with Gasteiger partial charge in [0.1, 0.15) is 11.7 Å². The molecule has 3 rings (SSSR count). The number of hydrogen-bond donors (Lipinski definition) is 0. The number of likely N-dealkylation sites (tertiary alicyclic amines) is 2. The van der Waals surface area contributed by atoms with Crippen LogP contribution in [0, 0.1) is 19.8 Å². The Kier molecular flexibility index (Phi) is 6.83. The smallest absolute Gasteiger partial charge is 0.410 e. The predicted octanol–water partition coefficient (Wildman–Crippen LogP) is 3.11. The molecule has 8 nitrogen and oxygen atoms in total. The number of nitrogens with zero attached hydrogens (tertiary/aromatic N) is 4. The summed E-state index contributed by atoms with van der Waals surface area (Å²) in [6.45, 7) is 11.7. The van der Waals surface area contributed by atoms with Crippen LogP contribution in [-0.2, 0) is 9.53 Å². The summed E-state index contributed by atoms with van der Waals surface area (Å²) in [5, 5.41) is 0. The van der Waals surface area contributed by atoms with Gasteiger partial charge < -0.3 is 19.3 Å². The van der Waals surface area contributed by atoms with Crippen LogP contribution in [0.4, 0.5) is 4.79 Å². The van der Waals surface area contributed by atoms with Gasteiger partial charge >= 0.3 is 12.1 Å². The predicted molar refractivity (Wildman–Crippen MR) is 112 cm³/mol. The summed E-state index contributed by atoms with van der Waals surface area (Å²) in [6.07, 6.45) is 2.89. The molecule has 2 aliphatic heterocycles. The van der Waals surface area contributed by atoms with Crippen LogP contribution < -0.4 is 4.74 Å². The van der Waals surface area contributed by atoms with Crippen molar-refractivity contribution in [3.05, 3.63) is 17.5 Å². The van der Waals surface area contributed by atoms with Crippen molar-refractivity contribution < 1.29 is 19.1 Å². The molecule has 2 fully saturated rings. The molecule has 2 unspecified atom stereocenters. The molecule has 8 heteroatoms. The Morgan fingerprint density at radius 2 is 1.63 bits per heavy atom. The van der Waals surface area contributed by atoms with E-state index in [2.05, 4.69) is 9.97 Å². The monoisotopic (exact) mass is 418 g/mol. The van der Waals surface area contributed by atoms with Crippen LogP contribution >= 0.6 is 0 Å². The number of amides is 2. The molecule has 2 aliphatic rings. The van der Waals surface area contributed by atoms with E-state index in [0.29, 0.717) is 25.6 Å². The van der Waals surface area contributed by atoms with Gasteiger partial charge in [-0.25, -0.2) is 14.8 Å². The molecule has 3 heterocycles. The minimum atomic E-state index is -0.540. The second-order valence-corrected chi connectivity index (χ2v) is 9.37. The molecule has 2 atom stereocenters. The maximum absolute atomic E-state index is 13.2. The lowest BCUT2D eigenvalue weighted by atomic mass is 9.95. The van der Waals surface area contributed by atoms with Gasteiger partial charge in [0.25, 0.3) is 0 Å². The van der Waals surface area contributed by atoms with Crippen molar-refractivity contribution in [3.8, 4) is 6.01 Å². The molecule has 1 aromatic rings. The van der Waals surface area contributed by atoms with Crippen LogP contribution in [0.5, 0.6) is 6.01 Å². The minimum absolute atomic E-state index is 0.0953. The Labute approximate surface area is 178 Å². The highest BCUT2D eigenvalue weighted by Gasteiger charge is 2.35. The first-order chi connectivity index (χ1) is 14.1. The average Bonchev–Trinajstić information content (AvgIpc) is 2.65. The standard InChI is InChI=1S/C22H34N4O4/c1-15-12-16(2)24-20(23-15)29-18-9-7-10-25(14-18)19(27)17-8-6-11-26(13-17)21(28)30-22(3,4)5/h12,17-18H,6-11,13-14H2,1-5H3. The zero-order valence-corrected chi connectivity index (χ0v) is 18.8. The Hall–Kier alpha value is -2.38. The minimum Gasteiger partial charge on any atom is -0.458 e. The number of hydrogen-bond acceptors (Lipinski definition) is 6. The fraction of sp³-hybridized carbons (Fsp3) is 0.727. The molecule has 0 aliphatic carbocycles. The van der Waals surface area contributed by atoms with Crippen LogP contribution in [-0.4, -0.2) is 69.7 Å². The highest BCUT2D eigenvalue weighted by atomic mass is 16.6. The number of carbonyl (C=O) groups excluding carboxylic acids is 2. The van der Waals surface area contributed by atoms with E-state index in [1.54, 1.807) is 4.90 Å². The fourth-order valence-corrected chi connectivity index (χ4v) is 4.06. The highest BCUT2D eigenvalue weighted by molar-refractivity contribution is 5.80. The molecule has 2 saturated heterocycles. The van der Waals surface area contributed by atoms with Gasteiger partial charge in [0.15, 0.2) is 0 Å². The normalized spacial score (nSPS) is 22.6.